The third-order valence-electron chi connectivity index (χ3n) is 1.22. The van der Waals surface area contributed by atoms with E-state index in [1.807, 2.05) is 6.92 Å². The van der Waals surface area contributed by atoms with Crippen molar-refractivity contribution >= 4 is 6.29 Å². The van der Waals surface area contributed by atoms with Crippen molar-refractivity contribution in [2.45, 2.75) is 6.92 Å². The number of carbonyl (C=O) groups excluding carboxylic acids is 1. The zero-order valence-corrected chi connectivity index (χ0v) is 5.57. The number of hydrogen-bond acceptors (Lipinski definition) is 2. The molecule has 0 radical (unpaired) electrons. The highest BCUT2D eigenvalue weighted by Crippen LogP contribution is 1.94. The summed E-state index contributed by atoms with van der Waals surface area (Å²) >= 11 is 0. The van der Waals surface area contributed by atoms with Crippen LogP contribution in [0.15, 0.2) is 18.3 Å². The van der Waals surface area contributed by atoms with Crippen LogP contribution < -0.4 is 4.73 Å². The Morgan fingerprint density at radius 1 is 1.70 bits per heavy atom. The molecule has 3 heteroatoms. The van der Waals surface area contributed by atoms with Crippen LogP contribution >= 0.6 is 0 Å². The zero-order valence-electron chi connectivity index (χ0n) is 5.57. The van der Waals surface area contributed by atoms with Crippen molar-refractivity contribution in [3.05, 3.63) is 34.8 Å². The number of nitrogens with zero attached hydrogens (tertiary/aromatic N) is 1. The second kappa shape index (κ2) is 2.47. The van der Waals surface area contributed by atoms with Gasteiger partial charge in [-0.3, -0.25) is 4.79 Å². The van der Waals surface area contributed by atoms with Crippen molar-refractivity contribution in [2.24, 2.45) is 0 Å². The predicted octanol–water partition coefficient (Wildman–Crippen LogP) is 0.441. The van der Waals surface area contributed by atoms with Crippen molar-refractivity contribution in [3.63, 3.8) is 0 Å². The Kier molecular flexibility index (Phi) is 1.67. The molecule has 0 aliphatic heterocycles. The summed E-state index contributed by atoms with van der Waals surface area (Å²) < 4.78 is 0.542. The molecule has 10 heavy (non-hydrogen) atoms. The molecule has 0 N–H and O–H groups in total. The molecule has 1 rings (SSSR count). The molecule has 0 atom stereocenters. The first-order valence-corrected chi connectivity index (χ1v) is 2.89. The van der Waals surface area contributed by atoms with Crippen LogP contribution in [0.1, 0.15) is 16.1 Å². The fraction of sp³-hybridized carbons (Fsp3) is 0.143. The van der Waals surface area contributed by atoms with Crippen LogP contribution in [0.2, 0.25) is 0 Å². The first kappa shape index (κ1) is 6.74. The van der Waals surface area contributed by atoms with Gasteiger partial charge >= 0.3 is 0 Å². The van der Waals surface area contributed by atoms with Gasteiger partial charge in [-0.25, -0.2) is 0 Å². The summed E-state index contributed by atoms with van der Waals surface area (Å²) in [6.07, 6.45) is 1.86. The van der Waals surface area contributed by atoms with Gasteiger partial charge in [-0.1, -0.05) is 0 Å². The minimum Gasteiger partial charge on any atom is -0.618 e. The molecule has 1 heterocycles. The number of hydrogen-bond donors (Lipinski definition) is 0. The number of aromatic nitrogens is 1. The fourth-order valence-electron chi connectivity index (χ4n) is 0.702. The summed E-state index contributed by atoms with van der Waals surface area (Å²) in [6.45, 7) is 1.83. The van der Waals surface area contributed by atoms with Crippen LogP contribution in [0.3, 0.4) is 0 Å². The van der Waals surface area contributed by atoms with Gasteiger partial charge in [-0.15, -0.1) is 0 Å². The van der Waals surface area contributed by atoms with E-state index < -0.39 is 0 Å². The maximum atomic E-state index is 10.7. The van der Waals surface area contributed by atoms with Crippen molar-refractivity contribution in [1.82, 2.24) is 0 Å². The molecule has 0 aliphatic carbocycles. The van der Waals surface area contributed by atoms with Gasteiger partial charge in [0.1, 0.15) is 0 Å². The molecule has 52 valence electrons. The van der Waals surface area contributed by atoms with Gasteiger partial charge in [-0.05, 0) is 12.5 Å². The van der Waals surface area contributed by atoms with Crippen molar-refractivity contribution < 1.29 is 9.52 Å². The maximum Gasteiger partial charge on any atom is 0.256 e. The summed E-state index contributed by atoms with van der Waals surface area (Å²) in [7, 11) is 0. The van der Waals surface area contributed by atoms with Crippen molar-refractivity contribution in [2.75, 3.05) is 0 Å². The summed E-state index contributed by atoms with van der Waals surface area (Å²) in [5.41, 5.74) is 1.06. The molecule has 1 aromatic heterocycles. The quantitative estimate of drug-likeness (QED) is 0.320. The first-order chi connectivity index (χ1) is 4.74. The van der Waals surface area contributed by atoms with Crippen LogP contribution in [-0.2, 0) is 0 Å². The lowest BCUT2D eigenvalue weighted by atomic mass is 10.2. The molecule has 0 aliphatic rings. The standard InChI is InChI=1S/C7H7NO2/c1-6-2-3-8(10)7(4-6)5-9/h2-5H,1H3. The average Bonchev–Trinajstić information content (AvgIpc) is 1.94. The van der Waals surface area contributed by atoms with E-state index in [0.29, 0.717) is 11.0 Å². The van der Waals surface area contributed by atoms with Crippen LogP contribution in [0.25, 0.3) is 0 Å². The Morgan fingerprint density at radius 3 is 2.90 bits per heavy atom. The summed E-state index contributed by atoms with van der Waals surface area (Å²) in [6, 6.07) is 3.19. The molecule has 0 unspecified atom stereocenters. The zero-order chi connectivity index (χ0) is 7.56. The van der Waals surface area contributed by atoms with E-state index in [-0.39, 0.29) is 5.69 Å². The van der Waals surface area contributed by atoms with E-state index in [9.17, 15) is 10.0 Å². The summed E-state index contributed by atoms with van der Waals surface area (Å²) in [5, 5.41) is 10.7. The van der Waals surface area contributed by atoms with E-state index in [0.717, 1.165) is 5.56 Å². The lowest BCUT2D eigenvalue weighted by Crippen LogP contribution is -2.30. The molecule has 0 saturated carbocycles. The largest absolute Gasteiger partial charge is 0.618 e. The number of pyridine rings is 1. The molecule has 0 amide bonds. The van der Waals surface area contributed by atoms with Gasteiger partial charge in [0.2, 0.25) is 6.29 Å². The molecule has 0 aromatic carbocycles. The average molecular weight is 137 g/mol. The Labute approximate surface area is 58.5 Å². The van der Waals surface area contributed by atoms with E-state index in [4.69, 9.17) is 0 Å². The molecule has 0 fully saturated rings. The number of rotatable bonds is 1. The van der Waals surface area contributed by atoms with E-state index >= 15 is 0 Å². The first-order valence-electron chi connectivity index (χ1n) is 2.89. The van der Waals surface area contributed by atoms with Gasteiger partial charge in [0.15, 0.2) is 6.20 Å². The van der Waals surface area contributed by atoms with Crippen LogP contribution in [0.4, 0.5) is 0 Å². The molecular weight excluding hydrogens is 130 g/mol. The Bertz CT molecular complexity index is 258. The fourth-order valence-corrected chi connectivity index (χ4v) is 0.702. The van der Waals surface area contributed by atoms with E-state index in [1.165, 1.54) is 6.20 Å². The summed E-state index contributed by atoms with van der Waals surface area (Å²) in [4.78, 5) is 10.2. The molecule has 0 bridgehead atoms. The van der Waals surface area contributed by atoms with Crippen LogP contribution in [-0.4, -0.2) is 6.29 Å². The molecular formula is C7H7NO2. The number of aldehydes is 1. The number of aryl methyl sites for hydroxylation is 1. The Hall–Kier alpha value is -1.38. The second-order valence-corrected chi connectivity index (χ2v) is 2.07. The van der Waals surface area contributed by atoms with E-state index in [1.54, 1.807) is 12.1 Å². The SMILES string of the molecule is Cc1cc[n+]([O-])c(C=O)c1. The van der Waals surface area contributed by atoms with Crippen molar-refractivity contribution in [1.29, 1.82) is 0 Å². The van der Waals surface area contributed by atoms with Gasteiger partial charge in [-0.2, -0.15) is 4.73 Å². The highest BCUT2D eigenvalue weighted by molar-refractivity contribution is 5.69. The maximum absolute atomic E-state index is 10.7. The smallest absolute Gasteiger partial charge is 0.256 e. The van der Waals surface area contributed by atoms with Crippen LogP contribution in [0, 0.1) is 12.1 Å². The monoisotopic (exact) mass is 137 g/mol. The molecule has 0 saturated heterocycles. The number of carbonyl (C=O) groups is 1. The summed E-state index contributed by atoms with van der Waals surface area (Å²) in [5.74, 6) is 0. The minimum absolute atomic E-state index is 0.153. The van der Waals surface area contributed by atoms with Gasteiger partial charge in [0, 0.05) is 12.1 Å². The van der Waals surface area contributed by atoms with Gasteiger partial charge in [0.05, 0.1) is 0 Å². The Morgan fingerprint density at radius 2 is 2.40 bits per heavy atom. The minimum atomic E-state index is 0.153. The van der Waals surface area contributed by atoms with Crippen molar-refractivity contribution in [3.8, 4) is 0 Å². The molecule has 3 nitrogen and oxygen atoms in total. The third-order valence-corrected chi connectivity index (χ3v) is 1.22. The third kappa shape index (κ3) is 1.13. The second-order valence-electron chi connectivity index (χ2n) is 2.07. The lowest BCUT2D eigenvalue weighted by Gasteiger charge is -1.97. The van der Waals surface area contributed by atoms with Gasteiger partial charge < -0.3 is 5.21 Å². The molecule has 1 aromatic rings. The Balaban J connectivity index is 3.21. The molecule has 0 spiro atoms. The lowest BCUT2D eigenvalue weighted by molar-refractivity contribution is -0.607. The van der Waals surface area contributed by atoms with Gasteiger partial charge in [0.25, 0.3) is 5.69 Å². The van der Waals surface area contributed by atoms with E-state index in [2.05, 4.69) is 0 Å². The highest BCUT2D eigenvalue weighted by atomic mass is 16.5. The highest BCUT2D eigenvalue weighted by Gasteiger charge is 2.00. The topological polar surface area (TPSA) is 44.0 Å². The van der Waals surface area contributed by atoms with Crippen LogP contribution in [0.5, 0.6) is 0 Å². The normalized spacial score (nSPS) is 9.30. The predicted molar refractivity (Wildman–Crippen MR) is 35.5 cm³/mol.